The number of rotatable bonds is 6. The lowest BCUT2D eigenvalue weighted by Crippen LogP contribution is -2.38. The predicted molar refractivity (Wildman–Crippen MR) is 117 cm³/mol. The van der Waals surface area contributed by atoms with Gasteiger partial charge in [-0.15, -0.1) is 0 Å². The van der Waals surface area contributed by atoms with Gasteiger partial charge in [0.25, 0.3) is 5.56 Å². The van der Waals surface area contributed by atoms with Crippen molar-refractivity contribution < 1.29 is 14.6 Å². The van der Waals surface area contributed by atoms with Gasteiger partial charge in [0.05, 0.1) is 29.4 Å². The number of amides is 1. The molecule has 1 saturated heterocycles. The highest BCUT2D eigenvalue weighted by Gasteiger charge is 2.36. The third kappa shape index (κ3) is 4.40. The van der Waals surface area contributed by atoms with Crippen LogP contribution in [0.4, 0.5) is 10.5 Å². The molecule has 8 nitrogen and oxygen atoms in total. The van der Waals surface area contributed by atoms with Crippen LogP contribution in [0.15, 0.2) is 23.0 Å². The summed E-state index contributed by atoms with van der Waals surface area (Å²) in [5.74, 6) is 0.451. The second-order valence-corrected chi connectivity index (χ2v) is 7.85. The first kappa shape index (κ1) is 22.4. The van der Waals surface area contributed by atoms with E-state index < -0.39 is 6.09 Å². The Labute approximate surface area is 184 Å². The molecule has 2 aromatic rings. The maximum Gasteiger partial charge on any atom is 0.407 e. The summed E-state index contributed by atoms with van der Waals surface area (Å²) in [6, 6.07) is 4.68. The number of likely N-dealkylation sites (tertiary alicyclic amines) is 1. The van der Waals surface area contributed by atoms with Crippen LogP contribution in [0.5, 0.6) is 0 Å². The summed E-state index contributed by atoms with van der Waals surface area (Å²) in [6.07, 6.45) is -1.37. The number of anilines is 1. The van der Waals surface area contributed by atoms with Crippen molar-refractivity contribution in [2.75, 3.05) is 25.0 Å². The third-order valence-electron chi connectivity index (χ3n) is 5.09. The monoisotopic (exact) mass is 454 g/mol. The molecule has 1 aromatic heterocycles. The number of hydrogen-bond acceptors (Lipinski definition) is 5. The van der Waals surface area contributed by atoms with Crippen LogP contribution in [0.1, 0.15) is 19.5 Å². The minimum atomic E-state index is -1.02. The van der Waals surface area contributed by atoms with Gasteiger partial charge in [-0.25, -0.2) is 9.78 Å². The van der Waals surface area contributed by atoms with E-state index >= 15 is 0 Å². The number of aryl methyl sites for hydroxylation is 1. The number of carbonyl (C=O) groups is 1. The van der Waals surface area contributed by atoms with Gasteiger partial charge in [-0.2, -0.15) is 0 Å². The zero-order valence-corrected chi connectivity index (χ0v) is 18.5. The fourth-order valence-corrected chi connectivity index (χ4v) is 4.13. The molecule has 1 amide bonds. The first-order chi connectivity index (χ1) is 14.3. The van der Waals surface area contributed by atoms with Gasteiger partial charge in [0.1, 0.15) is 11.5 Å². The molecular formula is C20H24Cl2N4O4. The average Bonchev–Trinajstić information content (AvgIpc) is 3.08. The minimum Gasteiger partial charge on any atom is -0.465 e. The van der Waals surface area contributed by atoms with E-state index in [2.05, 4.69) is 10.3 Å². The Hall–Kier alpha value is -2.29. The average molecular weight is 455 g/mol. The summed E-state index contributed by atoms with van der Waals surface area (Å²) in [5.41, 5.74) is 1.18. The van der Waals surface area contributed by atoms with Gasteiger partial charge in [0.15, 0.2) is 0 Å². The molecule has 0 radical (unpaired) electrons. The molecule has 0 bridgehead atoms. The number of nitrogens with one attached hydrogen (secondary N) is 1. The van der Waals surface area contributed by atoms with Crippen molar-refractivity contribution in [1.29, 1.82) is 0 Å². The summed E-state index contributed by atoms with van der Waals surface area (Å²) < 4.78 is 7.23. The van der Waals surface area contributed by atoms with Crippen LogP contribution in [0.3, 0.4) is 0 Å². The first-order valence-electron chi connectivity index (χ1n) is 9.69. The van der Waals surface area contributed by atoms with Crippen molar-refractivity contribution in [2.24, 2.45) is 0 Å². The molecule has 3 rings (SSSR count). The molecule has 1 fully saturated rings. The summed E-state index contributed by atoms with van der Waals surface area (Å²) in [6.45, 7) is 6.72. The Morgan fingerprint density at radius 2 is 2.07 bits per heavy atom. The Morgan fingerprint density at radius 3 is 2.67 bits per heavy atom. The van der Waals surface area contributed by atoms with Gasteiger partial charge in [-0.3, -0.25) is 9.36 Å². The molecule has 0 aliphatic carbocycles. The molecule has 2 N–H and O–H groups in total. The van der Waals surface area contributed by atoms with Crippen LogP contribution in [-0.4, -0.2) is 57.5 Å². The molecule has 0 saturated carbocycles. The van der Waals surface area contributed by atoms with Gasteiger partial charge in [-0.1, -0.05) is 23.2 Å². The van der Waals surface area contributed by atoms with Crippen molar-refractivity contribution in [2.45, 2.75) is 39.5 Å². The smallest absolute Gasteiger partial charge is 0.407 e. The number of benzene rings is 1. The Bertz CT molecular complexity index is 1010. The molecule has 30 heavy (non-hydrogen) atoms. The standard InChI is InChI=1S/C20H24Cl2N4O4/c1-4-26-18(13-7-6-12(21)8-14(13)22)23-11(3)17(19(26)27)24-15-9-25(20(28)29)10-16(15)30-5-2/h6-8,15-16,24H,4-5,9-10H2,1-3H3,(H,28,29)/t15-,16+/m1/s1. The summed E-state index contributed by atoms with van der Waals surface area (Å²) in [4.78, 5) is 30.6. The first-order valence-corrected chi connectivity index (χ1v) is 10.4. The lowest BCUT2D eigenvalue weighted by molar-refractivity contribution is 0.0629. The minimum absolute atomic E-state index is 0.218. The van der Waals surface area contributed by atoms with Gasteiger partial charge in [0, 0.05) is 30.3 Å². The van der Waals surface area contributed by atoms with Crippen LogP contribution in [0.2, 0.25) is 10.0 Å². The van der Waals surface area contributed by atoms with Crippen LogP contribution in [0.25, 0.3) is 11.4 Å². The molecule has 2 heterocycles. The van der Waals surface area contributed by atoms with Crippen molar-refractivity contribution in [3.63, 3.8) is 0 Å². The second kappa shape index (κ2) is 9.24. The van der Waals surface area contributed by atoms with Crippen molar-refractivity contribution in [3.05, 3.63) is 44.3 Å². The second-order valence-electron chi connectivity index (χ2n) is 7.00. The summed E-state index contributed by atoms with van der Waals surface area (Å²) in [7, 11) is 0. The topological polar surface area (TPSA) is 96.7 Å². The highest BCUT2D eigenvalue weighted by molar-refractivity contribution is 6.36. The lowest BCUT2D eigenvalue weighted by atomic mass is 10.1. The van der Waals surface area contributed by atoms with E-state index in [0.29, 0.717) is 46.0 Å². The quantitative estimate of drug-likeness (QED) is 0.689. The highest BCUT2D eigenvalue weighted by Crippen LogP contribution is 2.30. The zero-order valence-electron chi connectivity index (χ0n) is 17.0. The summed E-state index contributed by atoms with van der Waals surface area (Å²) >= 11 is 12.3. The van der Waals surface area contributed by atoms with E-state index in [1.165, 1.54) is 9.47 Å². The normalized spacial score (nSPS) is 18.6. The highest BCUT2D eigenvalue weighted by atomic mass is 35.5. The summed E-state index contributed by atoms with van der Waals surface area (Å²) in [5, 5.41) is 13.4. The molecule has 1 aliphatic rings. The van der Waals surface area contributed by atoms with Gasteiger partial charge in [-0.05, 0) is 39.0 Å². The molecular weight excluding hydrogens is 431 g/mol. The predicted octanol–water partition coefficient (Wildman–Crippen LogP) is 3.72. The number of ether oxygens (including phenoxy) is 1. The maximum atomic E-state index is 13.3. The van der Waals surface area contributed by atoms with Crippen LogP contribution in [0, 0.1) is 6.92 Å². The van der Waals surface area contributed by atoms with E-state index in [1.54, 1.807) is 25.1 Å². The Morgan fingerprint density at radius 1 is 1.33 bits per heavy atom. The number of nitrogens with zero attached hydrogens (tertiary/aromatic N) is 3. The van der Waals surface area contributed by atoms with Crippen molar-refractivity contribution >= 4 is 35.0 Å². The van der Waals surface area contributed by atoms with Crippen molar-refractivity contribution in [1.82, 2.24) is 14.5 Å². The van der Waals surface area contributed by atoms with Crippen LogP contribution < -0.4 is 10.9 Å². The van der Waals surface area contributed by atoms with E-state index in [0.717, 1.165) is 0 Å². The zero-order chi connectivity index (χ0) is 22.0. The molecule has 1 aliphatic heterocycles. The maximum absolute atomic E-state index is 13.3. The van der Waals surface area contributed by atoms with E-state index in [-0.39, 0.29) is 30.8 Å². The van der Waals surface area contributed by atoms with Gasteiger partial charge < -0.3 is 20.1 Å². The number of halogens is 2. The van der Waals surface area contributed by atoms with Crippen molar-refractivity contribution in [3.8, 4) is 11.4 Å². The van der Waals surface area contributed by atoms with Crippen LogP contribution >= 0.6 is 23.2 Å². The van der Waals surface area contributed by atoms with Gasteiger partial charge in [0.2, 0.25) is 0 Å². The lowest BCUT2D eigenvalue weighted by Gasteiger charge is -2.22. The third-order valence-corrected chi connectivity index (χ3v) is 5.63. The van der Waals surface area contributed by atoms with Gasteiger partial charge >= 0.3 is 6.09 Å². The molecule has 0 spiro atoms. The fourth-order valence-electron chi connectivity index (χ4n) is 3.63. The number of carboxylic acid groups (broad SMARTS) is 1. The number of aromatic nitrogens is 2. The molecule has 10 heteroatoms. The van der Waals surface area contributed by atoms with E-state index in [1.807, 2.05) is 13.8 Å². The Balaban J connectivity index is 2.00. The molecule has 162 valence electrons. The van der Waals surface area contributed by atoms with E-state index in [4.69, 9.17) is 27.9 Å². The Kier molecular flexibility index (Phi) is 6.90. The SMILES string of the molecule is CCO[C@H]1CN(C(=O)O)C[C@H]1Nc1c(C)nc(-c2ccc(Cl)cc2Cl)n(CC)c1=O. The molecule has 1 aromatic carbocycles. The molecule has 0 unspecified atom stereocenters. The van der Waals surface area contributed by atoms with E-state index in [9.17, 15) is 14.7 Å². The molecule has 2 atom stereocenters. The largest absolute Gasteiger partial charge is 0.465 e. The van der Waals surface area contributed by atoms with Crippen LogP contribution in [-0.2, 0) is 11.3 Å². The number of hydrogen-bond donors (Lipinski definition) is 2. The fraction of sp³-hybridized carbons (Fsp3) is 0.450.